The number of carbonyl (C=O) groups excluding carboxylic acids is 1. The van der Waals surface area contributed by atoms with E-state index < -0.39 is 0 Å². The fourth-order valence-electron chi connectivity index (χ4n) is 1.86. The molecule has 94 valence electrons. The summed E-state index contributed by atoms with van der Waals surface area (Å²) in [6.45, 7) is 0. The minimum absolute atomic E-state index is 0.341. The van der Waals surface area contributed by atoms with Crippen molar-refractivity contribution >= 4 is 29.2 Å². The monoisotopic (exact) mass is 247 g/mol. The lowest BCUT2D eigenvalue weighted by molar-refractivity contribution is 0.111. The summed E-state index contributed by atoms with van der Waals surface area (Å²) in [5.74, 6) is -0.341. The van der Waals surface area contributed by atoms with Gasteiger partial charge in [-0.1, -0.05) is 0 Å². The van der Waals surface area contributed by atoms with Gasteiger partial charge in [0, 0.05) is 26.5 Å². The van der Waals surface area contributed by atoms with Crippen LogP contribution in [-0.2, 0) is 7.05 Å². The van der Waals surface area contributed by atoms with E-state index in [4.69, 9.17) is 0 Å². The second kappa shape index (κ2) is 4.60. The molecule has 1 aromatic carbocycles. The number of fused-ring (bicyclic) bond motifs is 1. The fraction of sp³-hybridized carbons (Fsp3) is 0.231. The first kappa shape index (κ1) is 12.3. The lowest BCUT2D eigenvalue weighted by atomic mass is 10.2. The topological polar surface area (TPSA) is 37.6 Å². The number of nitrogens with zero attached hydrogens (tertiary/aromatic N) is 3. The van der Waals surface area contributed by atoms with Crippen LogP contribution >= 0.6 is 0 Å². The van der Waals surface area contributed by atoms with Crippen molar-refractivity contribution in [1.29, 1.82) is 0 Å². The van der Waals surface area contributed by atoms with Crippen molar-refractivity contribution in [3.05, 3.63) is 29.7 Å². The number of aliphatic imine (C=N–C) groups is 1. The summed E-state index contributed by atoms with van der Waals surface area (Å²) in [6, 6.07) is 4.41. The molecule has 0 spiro atoms. The molecule has 0 saturated carbocycles. The first-order valence-corrected chi connectivity index (χ1v) is 5.48. The normalized spacial score (nSPS) is 11.3. The molecule has 0 bridgehead atoms. The standard InChI is InChI=1S/C13H14FN3O/c1-16(2)8-15-13-10-6-9(14)4-5-11(10)17(3)12(13)7-18/h4-8H,1-3H3. The molecule has 5 heteroatoms. The van der Waals surface area contributed by atoms with Gasteiger partial charge < -0.3 is 9.47 Å². The lowest BCUT2D eigenvalue weighted by Gasteiger charge is -2.02. The molecule has 2 rings (SSSR count). The van der Waals surface area contributed by atoms with Crippen molar-refractivity contribution in [2.75, 3.05) is 14.1 Å². The minimum Gasteiger partial charge on any atom is -0.369 e. The van der Waals surface area contributed by atoms with Crippen LogP contribution < -0.4 is 0 Å². The van der Waals surface area contributed by atoms with Crippen LogP contribution in [0.1, 0.15) is 10.5 Å². The van der Waals surface area contributed by atoms with E-state index in [1.54, 1.807) is 28.9 Å². The first-order valence-electron chi connectivity index (χ1n) is 5.48. The number of benzene rings is 1. The number of carbonyl (C=O) groups is 1. The van der Waals surface area contributed by atoms with E-state index in [0.29, 0.717) is 16.8 Å². The highest BCUT2D eigenvalue weighted by Gasteiger charge is 2.14. The number of hydrogen-bond donors (Lipinski definition) is 0. The van der Waals surface area contributed by atoms with Gasteiger partial charge in [-0.3, -0.25) is 4.79 Å². The van der Waals surface area contributed by atoms with Crippen LogP contribution in [0.5, 0.6) is 0 Å². The maximum Gasteiger partial charge on any atom is 0.168 e. The number of rotatable bonds is 3. The number of aromatic nitrogens is 1. The zero-order valence-electron chi connectivity index (χ0n) is 10.5. The van der Waals surface area contributed by atoms with Crippen LogP contribution in [0, 0.1) is 5.82 Å². The Bertz CT molecular complexity index is 629. The number of aryl methyl sites for hydroxylation is 1. The maximum absolute atomic E-state index is 13.3. The van der Waals surface area contributed by atoms with Crippen molar-refractivity contribution in [3.63, 3.8) is 0 Å². The van der Waals surface area contributed by atoms with Gasteiger partial charge in [0.15, 0.2) is 6.29 Å². The Balaban J connectivity index is 2.75. The average Bonchev–Trinajstić information content (AvgIpc) is 2.58. The highest BCUT2D eigenvalue weighted by Crippen LogP contribution is 2.32. The van der Waals surface area contributed by atoms with E-state index in [9.17, 15) is 9.18 Å². The smallest absolute Gasteiger partial charge is 0.168 e. The zero-order valence-corrected chi connectivity index (χ0v) is 10.5. The van der Waals surface area contributed by atoms with Gasteiger partial charge in [0.2, 0.25) is 0 Å². The predicted molar refractivity (Wildman–Crippen MR) is 70.1 cm³/mol. The summed E-state index contributed by atoms with van der Waals surface area (Å²) in [7, 11) is 5.42. The highest BCUT2D eigenvalue weighted by atomic mass is 19.1. The van der Waals surface area contributed by atoms with Crippen molar-refractivity contribution in [1.82, 2.24) is 9.47 Å². The van der Waals surface area contributed by atoms with Gasteiger partial charge in [0.25, 0.3) is 0 Å². The van der Waals surface area contributed by atoms with Crippen LogP contribution in [0.25, 0.3) is 10.9 Å². The third-order valence-corrected chi connectivity index (χ3v) is 2.71. The Hall–Kier alpha value is -2.17. The van der Waals surface area contributed by atoms with Crippen LogP contribution in [-0.4, -0.2) is 36.2 Å². The lowest BCUT2D eigenvalue weighted by Crippen LogP contribution is -2.07. The second-order valence-electron chi connectivity index (χ2n) is 4.28. The van der Waals surface area contributed by atoms with E-state index in [2.05, 4.69) is 4.99 Å². The molecule has 0 radical (unpaired) electrons. The number of halogens is 1. The highest BCUT2D eigenvalue weighted by molar-refractivity contribution is 6.02. The SMILES string of the molecule is CN(C)C=Nc1c(C=O)n(C)c2ccc(F)cc12. The van der Waals surface area contributed by atoms with Crippen molar-refractivity contribution in [2.24, 2.45) is 12.0 Å². The molecule has 4 nitrogen and oxygen atoms in total. The van der Waals surface area contributed by atoms with Crippen molar-refractivity contribution in [2.45, 2.75) is 0 Å². The molecular weight excluding hydrogens is 233 g/mol. The van der Waals surface area contributed by atoms with E-state index in [1.165, 1.54) is 12.1 Å². The van der Waals surface area contributed by atoms with Crippen molar-refractivity contribution < 1.29 is 9.18 Å². The van der Waals surface area contributed by atoms with Crippen LogP contribution in [0.15, 0.2) is 23.2 Å². The summed E-state index contributed by atoms with van der Waals surface area (Å²) in [5.41, 5.74) is 1.72. The summed E-state index contributed by atoms with van der Waals surface area (Å²) in [4.78, 5) is 17.2. The quantitative estimate of drug-likeness (QED) is 0.474. The number of hydrogen-bond acceptors (Lipinski definition) is 2. The van der Waals surface area contributed by atoms with E-state index in [-0.39, 0.29) is 5.82 Å². The minimum atomic E-state index is -0.341. The molecule has 0 aliphatic rings. The zero-order chi connectivity index (χ0) is 13.3. The summed E-state index contributed by atoms with van der Waals surface area (Å²) >= 11 is 0. The molecule has 1 aromatic heterocycles. The average molecular weight is 247 g/mol. The van der Waals surface area contributed by atoms with Crippen molar-refractivity contribution in [3.8, 4) is 0 Å². The maximum atomic E-state index is 13.3. The van der Waals surface area contributed by atoms with E-state index in [1.807, 2.05) is 14.1 Å². The fourth-order valence-corrected chi connectivity index (χ4v) is 1.86. The molecule has 0 N–H and O–H groups in total. The predicted octanol–water partition coefficient (Wildman–Crippen LogP) is 2.35. The van der Waals surface area contributed by atoms with Gasteiger partial charge in [-0.15, -0.1) is 0 Å². The molecule has 0 unspecified atom stereocenters. The summed E-state index contributed by atoms with van der Waals surface area (Å²) in [6.07, 6.45) is 2.33. The van der Waals surface area contributed by atoms with Crippen LogP contribution in [0.2, 0.25) is 0 Å². The molecule has 1 heterocycles. The molecule has 0 saturated heterocycles. The van der Waals surface area contributed by atoms with Gasteiger partial charge in [0.1, 0.15) is 17.2 Å². The molecule has 2 aromatic rings. The first-order chi connectivity index (χ1) is 8.54. The third kappa shape index (κ3) is 1.99. The Morgan fingerprint density at radius 1 is 1.39 bits per heavy atom. The molecule has 0 atom stereocenters. The molecule has 0 aliphatic heterocycles. The summed E-state index contributed by atoms with van der Waals surface area (Å²) < 4.78 is 15.0. The van der Waals surface area contributed by atoms with Gasteiger partial charge >= 0.3 is 0 Å². The van der Waals surface area contributed by atoms with E-state index >= 15 is 0 Å². The van der Waals surface area contributed by atoms with Gasteiger partial charge in [-0.25, -0.2) is 9.38 Å². The Morgan fingerprint density at radius 3 is 2.72 bits per heavy atom. The third-order valence-electron chi connectivity index (χ3n) is 2.71. The second-order valence-corrected chi connectivity index (χ2v) is 4.28. The molecule has 0 fully saturated rings. The molecule has 0 aliphatic carbocycles. The van der Waals surface area contributed by atoms with Gasteiger partial charge in [-0.05, 0) is 18.2 Å². The van der Waals surface area contributed by atoms with E-state index in [0.717, 1.165) is 11.8 Å². The summed E-state index contributed by atoms with van der Waals surface area (Å²) in [5, 5.41) is 0.637. The molecule has 0 amide bonds. The molecule has 18 heavy (non-hydrogen) atoms. The molecular formula is C13H14FN3O. The Labute approximate surface area is 104 Å². The largest absolute Gasteiger partial charge is 0.369 e. The Kier molecular flexibility index (Phi) is 3.14. The van der Waals surface area contributed by atoms with Gasteiger partial charge in [0.05, 0.1) is 11.9 Å². The van der Waals surface area contributed by atoms with Crippen LogP contribution in [0.3, 0.4) is 0 Å². The van der Waals surface area contributed by atoms with Gasteiger partial charge in [-0.2, -0.15) is 0 Å². The van der Waals surface area contributed by atoms with Crippen LogP contribution in [0.4, 0.5) is 10.1 Å². The Morgan fingerprint density at radius 2 is 2.11 bits per heavy atom. The number of aldehydes is 1.